The first-order valence-corrected chi connectivity index (χ1v) is 8.03. The van der Waals surface area contributed by atoms with Gasteiger partial charge in [-0.15, -0.1) is 0 Å². The van der Waals surface area contributed by atoms with Gasteiger partial charge in [0, 0.05) is 19.5 Å². The second kappa shape index (κ2) is 6.74. The average Bonchev–Trinajstić information content (AvgIpc) is 2.84. The van der Waals surface area contributed by atoms with Crippen molar-refractivity contribution in [2.75, 3.05) is 13.1 Å². The van der Waals surface area contributed by atoms with Gasteiger partial charge in [-0.1, -0.05) is 26.7 Å². The maximum Gasteiger partial charge on any atom is 0.222 e. The lowest BCUT2D eigenvalue weighted by atomic mass is 9.89. The summed E-state index contributed by atoms with van der Waals surface area (Å²) in [4.78, 5) is 14.1. The van der Waals surface area contributed by atoms with Gasteiger partial charge in [-0.05, 0) is 43.4 Å². The van der Waals surface area contributed by atoms with E-state index in [0.717, 1.165) is 32.2 Å². The lowest BCUT2D eigenvalue weighted by molar-refractivity contribution is -0.132. The topological polar surface area (TPSA) is 40.5 Å². The van der Waals surface area contributed by atoms with E-state index in [-0.39, 0.29) is 12.0 Å². The number of hydrogen-bond acceptors (Lipinski definition) is 2. The monoisotopic (exact) mass is 267 g/mol. The fraction of sp³-hybridized carbons (Fsp3) is 0.938. The molecule has 3 heteroatoms. The Morgan fingerprint density at radius 3 is 2.47 bits per heavy atom. The molecule has 0 bridgehead atoms. The van der Waals surface area contributed by atoms with E-state index < -0.39 is 0 Å². The van der Waals surface area contributed by atoms with E-state index in [0.29, 0.717) is 30.7 Å². The first kappa shape index (κ1) is 14.8. The van der Waals surface area contributed by atoms with Crippen molar-refractivity contribution in [2.45, 2.75) is 64.9 Å². The number of rotatable bonds is 4. The number of β-amino-alcohol motifs (C(OH)–C–C–N with tert-alkyl or cyclic N) is 1. The number of amides is 1. The fourth-order valence-corrected chi connectivity index (χ4v) is 3.63. The molecule has 1 saturated carbocycles. The zero-order valence-electron chi connectivity index (χ0n) is 12.5. The molecule has 0 radical (unpaired) electrons. The van der Waals surface area contributed by atoms with Crippen LogP contribution in [0.5, 0.6) is 0 Å². The Hall–Kier alpha value is -0.570. The molecule has 1 saturated heterocycles. The van der Waals surface area contributed by atoms with Crippen LogP contribution in [0.1, 0.15) is 58.8 Å². The van der Waals surface area contributed by atoms with E-state index in [1.165, 1.54) is 12.8 Å². The van der Waals surface area contributed by atoms with E-state index >= 15 is 0 Å². The Bertz CT molecular complexity index is 297. The maximum absolute atomic E-state index is 12.1. The molecule has 110 valence electrons. The molecule has 19 heavy (non-hydrogen) atoms. The van der Waals surface area contributed by atoms with Crippen molar-refractivity contribution in [3.63, 3.8) is 0 Å². The lowest BCUT2D eigenvalue weighted by Crippen LogP contribution is -2.39. The molecular formula is C16H29NO2. The van der Waals surface area contributed by atoms with Crippen LogP contribution < -0.4 is 0 Å². The average molecular weight is 267 g/mol. The normalized spacial score (nSPS) is 27.9. The summed E-state index contributed by atoms with van der Waals surface area (Å²) in [6, 6.07) is 0. The van der Waals surface area contributed by atoms with Gasteiger partial charge in [-0.25, -0.2) is 0 Å². The molecule has 1 N–H and O–H groups in total. The maximum atomic E-state index is 12.1. The Morgan fingerprint density at radius 1 is 1.16 bits per heavy atom. The Morgan fingerprint density at radius 2 is 1.84 bits per heavy atom. The van der Waals surface area contributed by atoms with Gasteiger partial charge in [0.2, 0.25) is 5.91 Å². The number of likely N-dealkylation sites (tertiary alicyclic amines) is 1. The van der Waals surface area contributed by atoms with E-state index in [1.54, 1.807) is 0 Å². The second-order valence-corrected chi connectivity index (χ2v) is 6.78. The molecule has 1 heterocycles. The van der Waals surface area contributed by atoms with Crippen molar-refractivity contribution in [1.29, 1.82) is 0 Å². The standard InChI is InChI=1S/C16H29NO2/c1-12(2)13-7-8-16(19)17(10-9-13)11-15(18)14-5-3-4-6-14/h12-15,18H,3-11H2,1-2H3. The minimum Gasteiger partial charge on any atom is -0.391 e. The van der Waals surface area contributed by atoms with Crippen LogP contribution in [-0.4, -0.2) is 35.1 Å². The molecule has 1 amide bonds. The van der Waals surface area contributed by atoms with Crippen LogP contribution in [0.15, 0.2) is 0 Å². The van der Waals surface area contributed by atoms with Gasteiger partial charge in [-0.3, -0.25) is 4.79 Å². The quantitative estimate of drug-likeness (QED) is 0.851. The van der Waals surface area contributed by atoms with Crippen molar-refractivity contribution in [3.05, 3.63) is 0 Å². The lowest BCUT2D eigenvalue weighted by Gasteiger charge is -2.27. The largest absolute Gasteiger partial charge is 0.391 e. The van der Waals surface area contributed by atoms with Crippen LogP contribution in [0.25, 0.3) is 0 Å². The molecule has 2 rings (SSSR count). The number of carbonyl (C=O) groups excluding carboxylic acids is 1. The predicted molar refractivity (Wildman–Crippen MR) is 76.7 cm³/mol. The van der Waals surface area contributed by atoms with Crippen LogP contribution in [0, 0.1) is 17.8 Å². The zero-order valence-corrected chi connectivity index (χ0v) is 12.5. The molecule has 1 aliphatic heterocycles. The molecule has 2 atom stereocenters. The van der Waals surface area contributed by atoms with Gasteiger partial charge in [0.1, 0.15) is 0 Å². The zero-order chi connectivity index (χ0) is 13.8. The molecule has 2 fully saturated rings. The SMILES string of the molecule is CC(C)C1CCC(=O)N(CC(O)C2CCCC2)CC1. The van der Waals surface area contributed by atoms with Crippen molar-refractivity contribution >= 4 is 5.91 Å². The first-order chi connectivity index (χ1) is 9.08. The fourth-order valence-electron chi connectivity index (χ4n) is 3.63. The highest BCUT2D eigenvalue weighted by Crippen LogP contribution is 2.29. The number of aliphatic hydroxyl groups is 1. The minimum absolute atomic E-state index is 0.250. The molecular weight excluding hydrogens is 238 g/mol. The molecule has 2 aliphatic rings. The van der Waals surface area contributed by atoms with E-state index in [2.05, 4.69) is 13.8 Å². The van der Waals surface area contributed by atoms with Crippen molar-refractivity contribution in [3.8, 4) is 0 Å². The number of aliphatic hydroxyl groups excluding tert-OH is 1. The van der Waals surface area contributed by atoms with Gasteiger partial charge in [0.15, 0.2) is 0 Å². The summed E-state index contributed by atoms with van der Waals surface area (Å²) in [5.41, 5.74) is 0. The molecule has 2 unspecified atom stereocenters. The van der Waals surface area contributed by atoms with Gasteiger partial charge in [0.25, 0.3) is 0 Å². The summed E-state index contributed by atoms with van der Waals surface area (Å²) >= 11 is 0. The summed E-state index contributed by atoms with van der Waals surface area (Å²) in [6.07, 6.45) is 7.24. The van der Waals surface area contributed by atoms with Gasteiger partial charge in [-0.2, -0.15) is 0 Å². The molecule has 3 nitrogen and oxygen atoms in total. The molecule has 1 aliphatic carbocycles. The second-order valence-electron chi connectivity index (χ2n) is 6.78. The summed E-state index contributed by atoms with van der Waals surface area (Å²) in [6.45, 7) is 5.90. The summed E-state index contributed by atoms with van der Waals surface area (Å²) in [7, 11) is 0. The van der Waals surface area contributed by atoms with Crippen LogP contribution in [-0.2, 0) is 4.79 Å². The third-order valence-corrected chi connectivity index (χ3v) is 5.15. The Labute approximate surface area is 117 Å². The minimum atomic E-state index is -0.304. The summed E-state index contributed by atoms with van der Waals surface area (Å²) in [5.74, 6) is 2.00. The van der Waals surface area contributed by atoms with Crippen molar-refractivity contribution in [2.24, 2.45) is 17.8 Å². The number of hydrogen-bond donors (Lipinski definition) is 1. The molecule has 0 aromatic rings. The van der Waals surface area contributed by atoms with Crippen LogP contribution in [0.4, 0.5) is 0 Å². The van der Waals surface area contributed by atoms with Crippen molar-refractivity contribution < 1.29 is 9.90 Å². The smallest absolute Gasteiger partial charge is 0.222 e. The summed E-state index contributed by atoms with van der Waals surface area (Å²) in [5, 5.41) is 10.3. The molecule has 0 spiro atoms. The predicted octanol–water partition coefficient (Wildman–Crippen LogP) is 2.82. The third-order valence-electron chi connectivity index (χ3n) is 5.15. The highest BCUT2D eigenvalue weighted by Gasteiger charge is 2.29. The Kier molecular flexibility index (Phi) is 5.26. The van der Waals surface area contributed by atoms with Crippen molar-refractivity contribution in [1.82, 2.24) is 4.90 Å². The van der Waals surface area contributed by atoms with Gasteiger partial charge >= 0.3 is 0 Å². The van der Waals surface area contributed by atoms with Gasteiger partial charge in [0.05, 0.1) is 6.10 Å². The number of carbonyl (C=O) groups is 1. The molecule has 0 aromatic carbocycles. The summed E-state index contributed by atoms with van der Waals surface area (Å²) < 4.78 is 0. The highest BCUT2D eigenvalue weighted by molar-refractivity contribution is 5.76. The van der Waals surface area contributed by atoms with Crippen LogP contribution in [0.2, 0.25) is 0 Å². The van der Waals surface area contributed by atoms with E-state index in [4.69, 9.17) is 0 Å². The first-order valence-electron chi connectivity index (χ1n) is 8.03. The Balaban J connectivity index is 1.86. The van der Waals surface area contributed by atoms with Crippen LogP contribution >= 0.6 is 0 Å². The van der Waals surface area contributed by atoms with Crippen LogP contribution in [0.3, 0.4) is 0 Å². The molecule has 0 aromatic heterocycles. The van der Waals surface area contributed by atoms with E-state index in [1.807, 2.05) is 4.90 Å². The highest BCUT2D eigenvalue weighted by atomic mass is 16.3. The third kappa shape index (κ3) is 3.95. The number of nitrogens with zero attached hydrogens (tertiary/aromatic N) is 1. The van der Waals surface area contributed by atoms with E-state index in [9.17, 15) is 9.90 Å². The van der Waals surface area contributed by atoms with Gasteiger partial charge < -0.3 is 10.0 Å².